The SMILES string of the molecule is COc1cccc(C2NC(=O)N=C3CCCC(=O)C32)c1. The number of urea groups is 1. The second-order valence-electron chi connectivity index (χ2n) is 5.10. The van der Waals surface area contributed by atoms with Gasteiger partial charge in [0.2, 0.25) is 0 Å². The zero-order valence-electron chi connectivity index (χ0n) is 11.3. The third kappa shape index (κ3) is 2.19. The number of hydrogen-bond acceptors (Lipinski definition) is 3. The summed E-state index contributed by atoms with van der Waals surface area (Å²) in [5, 5.41) is 2.81. The van der Waals surface area contributed by atoms with E-state index in [0.717, 1.165) is 24.1 Å². The maximum Gasteiger partial charge on any atom is 0.341 e. The number of benzene rings is 1. The van der Waals surface area contributed by atoms with Crippen molar-refractivity contribution in [3.8, 4) is 5.75 Å². The Balaban J connectivity index is 2.00. The zero-order chi connectivity index (χ0) is 14.1. The maximum atomic E-state index is 12.2. The lowest BCUT2D eigenvalue weighted by Crippen LogP contribution is -2.46. The highest BCUT2D eigenvalue weighted by molar-refractivity contribution is 6.12. The van der Waals surface area contributed by atoms with Crippen molar-refractivity contribution in [3.05, 3.63) is 29.8 Å². The van der Waals surface area contributed by atoms with Crippen molar-refractivity contribution in [2.45, 2.75) is 25.3 Å². The van der Waals surface area contributed by atoms with E-state index < -0.39 is 0 Å². The van der Waals surface area contributed by atoms with Gasteiger partial charge in [0.1, 0.15) is 11.5 Å². The number of rotatable bonds is 2. The largest absolute Gasteiger partial charge is 0.497 e. The molecule has 20 heavy (non-hydrogen) atoms. The molecule has 0 aromatic heterocycles. The summed E-state index contributed by atoms with van der Waals surface area (Å²) >= 11 is 0. The Morgan fingerprint density at radius 1 is 1.30 bits per heavy atom. The highest BCUT2D eigenvalue weighted by Crippen LogP contribution is 2.34. The summed E-state index contributed by atoms with van der Waals surface area (Å²) in [5.41, 5.74) is 1.60. The number of fused-ring (bicyclic) bond motifs is 1. The fourth-order valence-electron chi connectivity index (χ4n) is 2.93. The van der Waals surface area contributed by atoms with E-state index in [2.05, 4.69) is 10.3 Å². The Bertz CT molecular complexity index is 595. The number of carbonyl (C=O) groups is 2. The molecule has 1 aliphatic heterocycles. The van der Waals surface area contributed by atoms with E-state index in [1.807, 2.05) is 24.3 Å². The fraction of sp³-hybridized carbons (Fsp3) is 0.400. The molecule has 0 bridgehead atoms. The number of carbonyl (C=O) groups excluding carboxylic acids is 2. The van der Waals surface area contributed by atoms with Gasteiger partial charge in [0, 0.05) is 12.1 Å². The Kier molecular flexibility index (Phi) is 3.26. The molecular weight excluding hydrogens is 256 g/mol. The van der Waals surface area contributed by atoms with Crippen molar-refractivity contribution in [1.29, 1.82) is 0 Å². The first-order valence-electron chi connectivity index (χ1n) is 6.73. The lowest BCUT2D eigenvalue weighted by atomic mass is 9.77. The second kappa shape index (κ2) is 5.07. The van der Waals surface area contributed by atoms with Gasteiger partial charge in [0.25, 0.3) is 0 Å². The molecule has 2 amide bonds. The van der Waals surface area contributed by atoms with Gasteiger partial charge in [-0.3, -0.25) is 4.79 Å². The van der Waals surface area contributed by atoms with Crippen LogP contribution >= 0.6 is 0 Å². The van der Waals surface area contributed by atoms with E-state index in [1.54, 1.807) is 7.11 Å². The molecule has 1 aromatic carbocycles. The predicted octanol–water partition coefficient (Wildman–Crippen LogP) is 2.27. The quantitative estimate of drug-likeness (QED) is 0.898. The first kappa shape index (κ1) is 12.8. The fourth-order valence-corrected chi connectivity index (χ4v) is 2.93. The van der Waals surface area contributed by atoms with E-state index in [4.69, 9.17) is 4.74 Å². The van der Waals surface area contributed by atoms with Crippen molar-refractivity contribution in [1.82, 2.24) is 5.32 Å². The average molecular weight is 272 g/mol. The predicted molar refractivity (Wildman–Crippen MR) is 74.0 cm³/mol. The van der Waals surface area contributed by atoms with Crippen LogP contribution in [0.1, 0.15) is 30.9 Å². The standard InChI is InChI=1S/C15H16N2O3/c1-20-10-5-2-4-9(8-10)14-13-11(16-15(19)17-14)6-3-7-12(13)18/h2,4-5,8,13-14H,3,6-7H2,1H3,(H,17,19). The van der Waals surface area contributed by atoms with Gasteiger partial charge in [-0.25, -0.2) is 9.79 Å². The molecule has 2 unspecified atom stereocenters. The molecule has 1 aliphatic carbocycles. The number of nitrogens with one attached hydrogen (secondary N) is 1. The van der Waals surface area contributed by atoms with Crippen molar-refractivity contribution in [2.75, 3.05) is 7.11 Å². The molecule has 2 aliphatic rings. The Morgan fingerprint density at radius 2 is 2.15 bits per heavy atom. The number of methoxy groups -OCH3 is 1. The first-order valence-corrected chi connectivity index (χ1v) is 6.73. The number of amides is 2. The molecular formula is C15H16N2O3. The third-order valence-electron chi connectivity index (χ3n) is 3.87. The van der Waals surface area contributed by atoms with Crippen LogP contribution in [0.4, 0.5) is 4.79 Å². The molecule has 1 aromatic rings. The number of nitrogens with zero attached hydrogens (tertiary/aromatic N) is 1. The van der Waals surface area contributed by atoms with E-state index in [0.29, 0.717) is 12.2 Å². The van der Waals surface area contributed by atoms with E-state index in [-0.39, 0.29) is 23.8 Å². The van der Waals surface area contributed by atoms with Gasteiger partial charge in [0.15, 0.2) is 0 Å². The number of hydrogen-bond donors (Lipinski definition) is 1. The van der Waals surface area contributed by atoms with Crippen molar-refractivity contribution in [2.24, 2.45) is 10.9 Å². The van der Waals surface area contributed by atoms with E-state index >= 15 is 0 Å². The normalized spacial score (nSPS) is 25.6. The Labute approximate surface area is 117 Å². The summed E-state index contributed by atoms with van der Waals surface area (Å²) in [4.78, 5) is 27.9. The summed E-state index contributed by atoms with van der Waals surface area (Å²) in [5.74, 6) is 0.542. The summed E-state index contributed by atoms with van der Waals surface area (Å²) in [6, 6.07) is 6.76. The van der Waals surface area contributed by atoms with Crippen molar-refractivity contribution >= 4 is 17.5 Å². The van der Waals surface area contributed by atoms with Gasteiger partial charge in [-0.05, 0) is 30.5 Å². The van der Waals surface area contributed by atoms with Crippen LogP contribution < -0.4 is 10.1 Å². The highest BCUT2D eigenvalue weighted by atomic mass is 16.5. The number of ether oxygens (including phenoxy) is 1. The van der Waals surface area contributed by atoms with E-state index in [9.17, 15) is 9.59 Å². The van der Waals surface area contributed by atoms with Crippen LogP contribution in [-0.2, 0) is 4.79 Å². The molecule has 1 fully saturated rings. The molecule has 0 saturated heterocycles. The summed E-state index contributed by atoms with van der Waals surface area (Å²) in [6.45, 7) is 0. The number of ketones is 1. The van der Waals surface area contributed by atoms with Crippen molar-refractivity contribution in [3.63, 3.8) is 0 Å². The van der Waals surface area contributed by atoms with Gasteiger partial charge in [-0.2, -0.15) is 0 Å². The Morgan fingerprint density at radius 3 is 2.95 bits per heavy atom. The first-order chi connectivity index (χ1) is 9.69. The molecule has 1 heterocycles. The topological polar surface area (TPSA) is 67.8 Å². The van der Waals surface area contributed by atoms with Crippen LogP contribution in [0.5, 0.6) is 5.75 Å². The minimum Gasteiger partial charge on any atom is -0.497 e. The molecule has 1 N–H and O–H groups in total. The maximum absolute atomic E-state index is 12.2. The lowest BCUT2D eigenvalue weighted by Gasteiger charge is -2.34. The van der Waals surface area contributed by atoms with Gasteiger partial charge in [0.05, 0.1) is 19.1 Å². The molecule has 0 spiro atoms. The summed E-state index contributed by atoms with van der Waals surface area (Å²) in [7, 11) is 1.59. The smallest absolute Gasteiger partial charge is 0.341 e. The molecule has 1 saturated carbocycles. The second-order valence-corrected chi connectivity index (χ2v) is 5.10. The van der Waals surface area contributed by atoms with Crippen LogP contribution in [-0.4, -0.2) is 24.6 Å². The number of aliphatic imine (C=N–C) groups is 1. The van der Waals surface area contributed by atoms with Gasteiger partial charge < -0.3 is 10.1 Å². The van der Waals surface area contributed by atoms with Crippen LogP contribution in [0.15, 0.2) is 29.3 Å². The van der Waals surface area contributed by atoms with Crippen LogP contribution in [0.25, 0.3) is 0 Å². The van der Waals surface area contributed by atoms with Gasteiger partial charge in [-0.15, -0.1) is 0 Å². The Hall–Kier alpha value is -2.17. The lowest BCUT2D eigenvalue weighted by molar-refractivity contribution is -0.122. The zero-order valence-corrected chi connectivity index (χ0v) is 11.3. The summed E-state index contributed by atoms with van der Waals surface area (Å²) < 4.78 is 5.21. The summed E-state index contributed by atoms with van der Waals surface area (Å²) in [6.07, 6.45) is 2.07. The van der Waals surface area contributed by atoms with E-state index in [1.165, 1.54) is 0 Å². The molecule has 2 atom stereocenters. The minimum atomic E-state index is -0.362. The molecule has 104 valence electrons. The monoisotopic (exact) mass is 272 g/mol. The molecule has 0 radical (unpaired) electrons. The van der Waals surface area contributed by atoms with Crippen molar-refractivity contribution < 1.29 is 14.3 Å². The number of Topliss-reactive ketones (excluding diaryl/α,β-unsaturated/α-hetero) is 1. The minimum absolute atomic E-state index is 0.155. The highest BCUT2D eigenvalue weighted by Gasteiger charge is 2.40. The molecule has 5 heteroatoms. The molecule has 5 nitrogen and oxygen atoms in total. The van der Waals surface area contributed by atoms with Crippen LogP contribution in [0.2, 0.25) is 0 Å². The van der Waals surface area contributed by atoms with Crippen LogP contribution in [0.3, 0.4) is 0 Å². The van der Waals surface area contributed by atoms with Crippen LogP contribution in [0, 0.1) is 5.92 Å². The van der Waals surface area contributed by atoms with Gasteiger partial charge >= 0.3 is 6.03 Å². The third-order valence-corrected chi connectivity index (χ3v) is 3.87. The molecule has 3 rings (SSSR count). The van der Waals surface area contributed by atoms with Gasteiger partial charge in [-0.1, -0.05) is 12.1 Å². The average Bonchev–Trinajstić information content (AvgIpc) is 2.46.